The number of pyridine rings is 1. The summed E-state index contributed by atoms with van der Waals surface area (Å²) in [7, 11) is 0. The van der Waals surface area contributed by atoms with Crippen molar-refractivity contribution >= 4 is 33.5 Å². The normalized spacial score (nSPS) is 24.3. The van der Waals surface area contributed by atoms with Gasteiger partial charge >= 0.3 is 0 Å². The number of Topliss-reactive ketones (excluding diaryl/α,β-unsaturated/α-hetero) is 1. The number of rotatable bonds is 4. The highest BCUT2D eigenvalue weighted by Gasteiger charge is 2.45. The summed E-state index contributed by atoms with van der Waals surface area (Å²) < 4.78 is 2.16. The fourth-order valence-electron chi connectivity index (χ4n) is 6.56. The number of hydrogen-bond acceptors (Lipinski definition) is 6. The molecular formula is C27H34N6O2. The zero-order chi connectivity index (χ0) is 24.2. The number of benzene rings is 1. The Hall–Kier alpha value is -2.97. The number of nitrogens with two attached hydrogens (primary N) is 1. The molecule has 8 heteroatoms. The molecule has 35 heavy (non-hydrogen) atoms. The summed E-state index contributed by atoms with van der Waals surface area (Å²) in [6.07, 6.45) is 7.10. The van der Waals surface area contributed by atoms with Crippen molar-refractivity contribution in [3.8, 4) is 0 Å². The minimum absolute atomic E-state index is 0.344. The van der Waals surface area contributed by atoms with Crippen molar-refractivity contribution in [2.75, 3.05) is 50.8 Å². The maximum atomic E-state index is 12.9. The lowest BCUT2D eigenvalue weighted by Gasteiger charge is -2.41. The van der Waals surface area contributed by atoms with Crippen LogP contribution in [0.15, 0.2) is 30.6 Å². The average molecular weight is 475 g/mol. The smallest absolute Gasteiger partial charge is 0.252 e. The maximum Gasteiger partial charge on any atom is 0.252 e. The van der Waals surface area contributed by atoms with E-state index < -0.39 is 5.91 Å². The van der Waals surface area contributed by atoms with Crippen molar-refractivity contribution in [2.45, 2.75) is 38.5 Å². The Labute approximate surface area is 205 Å². The van der Waals surface area contributed by atoms with Crippen LogP contribution >= 0.6 is 0 Å². The Balaban J connectivity index is 1.49. The summed E-state index contributed by atoms with van der Waals surface area (Å²) in [5, 5.41) is 7.69. The molecule has 0 radical (unpaired) electrons. The molecule has 1 spiro atoms. The Morgan fingerprint density at radius 2 is 2.03 bits per heavy atom. The SMILES string of the molecule is CCN1CCC(c2ccc3c(c2)c2cncc(C(N)=O)c2n3N2CCC(=O)C3(CCNC3)C2)CC1. The third-order valence-corrected chi connectivity index (χ3v) is 8.64. The Morgan fingerprint density at radius 3 is 2.74 bits per heavy atom. The molecule has 1 atom stereocenters. The highest BCUT2D eigenvalue weighted by atomic mass is 16.1. The molecule has 0 saturated carbocycles. The van der Waals surface area contributed by atoms with Crippen LogP contribution in [-0.4, -0.2) is 72.1 Å². The number of hydrogen-bond donors (Lipinski definition) is 2. The quantitative estimate of drug-likeness (QED) is 0.603. The van der Waals surface area contributed by atoms with E-state index in [1.54, 1.807) is 6.20 Å². The lowest BCUT2D eigenvalue weighted by molar-refractivity contribution is -0.128. The first-order chi connectivity index (χ1) is 17.0. The first-order valence-electron chi connectivity index (χ1n) is 12.9. The van der Waals surface area contributed by atoms with Gasteiger partial charge in [-0.3, -0.25) is 19.2 Å². The molecule has 3 fully saturated rings. The summed E-state index contributed by atoms with van der Waals surface area (Å²) in [6.45, 7) is 8.43. The molecule has 3 aliphatic rings. The van der Waals surface area contributed by atoms with Crippen LogP contribution in [0.5, 0.6) is 0 Å². The average Bonchev–Trinajstić information content (AvgIpc) is 3.48. The van der Waals surface area contributed by atoms with Gasteiger partial charge in [0.15, 0.2) is 0 Å². The molecular weight excluding hydrogens is 440 g/mol. The zero-order valence-corrected chi connectivity index (χ0v) is 20.4. The first-order valence-corrected chi connectivity index (χ1v) is 12.9. The van der Waals surface area contributed by atoms with Crippen molar-refractivity contribution in [1.29, 1.82) is 0 Å². The largest absolute Gasteiger partial charge is 0.365 e. The van der Waals surface area contributed by atoms with E-state index in [1.165, 1.54) is 5.56 Å². The second-order valence-electron chi connectivity index (χ2n) is 10.5. The van der Waals surface area contributed by atoms with Gasteiger partial charge in [0.25, 0.3) is 5.91 Å². The number of amides is 1. The van der Waals surface area contributed by atoms with Crippen LogP contribution in [-0.2, 0) is 4.79 Å². The van der Waals surface area contributed by atoms with Gasteiger partial charge < -0.3 is 21.0 Å². The number of ketones is 1. The van der Waals surface area contributed by atoms with E-state index in [1.807, 2.05) is 6.20 Å². The number of likely N-dealkylation sites (tertiary alicyclic amines) is 1. The molecule has 3 aliphatic heterocycles. The summed E-state index contributed by atoms with van der Waals surface area (Å²) in [6, 6.07) is 6.75. The predicted molar refractivity (Wildman–Crippen MR) is 137 cm³/mol. The molecule has 3 saturated heterocycles. The molecule has 1 amide bonds. The van der Waals surface area contributed by atoms with Crippen LogP contribution in [0.1, 0.15) is 54.4 Å². The van der Waals surface area contributed by atoms with Crippen molar-refractivity contribution in [3.63, 3.8) is 0 Å². The summed E-state index contributed by atoms with van der Waals surface area (Å²) >= 11 is 0. The second kappa shape index (κ2) is 8.60. The third kappa shape index (κ3) is 3.62. The predicted octanol–water partition coefficient (Wildman–Crippen LogP) is 2.38. The number of primary amides is 1. The molecule has 1 aromatic carbocycles. The Kier molecular flexibility index (Phi) is 5.53. The van der Waals surface area contributed by atoms with E-state index >= 15 is 0 Å². The van der Waals surface area contributed by atoms with Gasteiger partial charge in [-0.2, -0.15) is 0 Å². The van der Waals surface area contributed by atoms with Gasteiger partial charge in [-0.25, -0.2) is 0 Å². The molecule has 184 valence electrons. The lowest BCUT2D eigenvalue weighted by Crippen LogP contribution is -2.54. The van der Waals surface area contributed by atoms with Crippen molar-refractivity contribution < 1.29 is 9.59 Å². The Bertz CT molecular complexity index is 1300. The summed E-state index contributed by atoms with van der Waals surface area (Å²) in [4.78, 5) is 32.3. The number of fused-ring (bicyclic) bond motifs is 3. The van der Waals surface area contributed by atoms with E-state index in [4.69, 9.17) is 5.73 Å². The second-order valence-corrected chi connectivity index (χ2v) is 10.5. The van der Waals surface area contributed by atoms with Gasteiger partial charge in [0.05, 0.1) is 22.0 Å². The summed E-state index contributed by atoms with van der Waals surface area (Å²) in [5.41, 5.74) is 9.08. The standard InChI is InChI=1S/C27H34N6O2/c1-2-31-10-5-18(6-11-31)19-3-4-23-20(13-19)21-14-30-15-22(26(28)35)25(21)33(23)32-12-7-24(34)27(17-32)8-9-29-16-27/h3-4,13-15,18,29H,2,5-12,16-17H2,1H3,(H2,28,35). The maximum absolute atomic E-state index is 12.9. The number of nitrogens with one attached hydrogen (secondary N) is 1. The van der Waals surface area contributed by atoms with Gasteiger partial charge in [0.1, 0.15) is 5.78 Å². The van der Waals surface area contributed by atoms with Crippen LogP contribution in [0.25, 0.3) is 21.8 Å². The van der Waals surface area contributed by atoms with Gasteiger partial charge in [0.2, 0.25) is 0 Å². The van der Waals surface area contributed by atoms with Crippen LogP contribution in [0.2, 0.25) is 0 Å². The first kappa shape index (κ1) is 22.5. The molecule has 1 unspecified atom stereocenters. The molecule has 8 nitrogen and oxygen atoms in total. The number of carbonyl (C=O) groups excluding carboxylic acids is 2. The van der Waals surface area contributed by atoms with Gasteiger partial charge in [-0.1, -0.05) is 13.0 Å². The van der Waals surface area contributed by atoms with Crippen LogP contribution in [0, 0.1) is 5.41 Å². The number of piperidine rings is 2. The fourth-order valence-corrected chi connectivity index (χ4v) is 6.56. The van der Waals surface area contributed by atoms with E-state index in [2.05, 4.69) is 50.0 Å². The summed E-state index contributed by atoms with van der Waals surface area (Å²) in [5.74, 6) is 0.398. The Morgan fingerprint density at radius 1 is 1.20 bits per heavy atom. The highest BCUT2D eigenvalue weighted by Crippen LogP contribution is 2.38. The minimum Gasteiger partial charge on any atom is -0.365 e. The zero-order valence-electron chi connectivity index (χ0n) is 20.4. The molecule has 2 aromatic heterocycles. The van der Waals surface area contributed by atoms with Gasteiger partial charge in [-0.05, 0) is 69.1 Å². The monoisotopic (exact) mass is 474 g/mol. The molecule has 6 rings (SSSR count). The number of carbonyl (C=O) groups is 2. The van der Waals surface area contributed by atoms with Crippen LogP contribution in [0.4, 0.5) is 0 Å². The van der Waals surface area contributed by atoms with Crippen molar-refractivity contribution in [1.82, 2.24) is 19.9 Å². The highest BCUT2D eigenvalue weighted by molar-refractivity contribution is 6.15. The van der Waals surface area contributed by atoms with Gasteiger partial charge in [-0.15, -0.1) is 0 Å². The molecule has 0 bridgehead atoms. The van der Waals surface area contributed by atoms with Crippen LogP contribution in [0.3, 0.4) is 0 Å². The lowest BCUT2D eigenvalue weighted by atomic mass is 9.78. The molecule has 3 N–H and O–H groups in total. The molecule has 3 aromatic rings. The van der Waals surface area contributed by atoms with Gasteiger partial charge in [0, 0.05) is 49.2 Å². The van der Waals surface area contributed by atoms with E-state index in [-0.39, 0.29) is 5.41 Å². The van der Waals surface area contributed by atoms with Crippen molar-refractivity contribution in [2.24, 2.45) is 11.1 Å². The molecule has 5 heterocycles. The fraction of sp³-hybridized carbons (Fsp3) is 0.519. The number of nitrogens with zero attached hydrogens (tertiary/aromatic N) is 4. The van der Waals surface area contributed by atoms with E-state index in [0.717, 1.165) is 67.2 Å². The van der Waals surface area contributed by atoms with Crippen molar-refractivity contribution in [3.05, 3.63) is 41.7 Å². The van der Waals surface area contributed by atoms with E-state index in [9.17, 15) is 9.59 Å². The van der Waals surface area contributed by atoms with E-state index in [0.29, 0.717) is 43.3 Å². The number of aromatic nitrogens is 2. The minimum atomic E-state index is -0.482. The third-order valence-electron chi connectivity index (χ3n) is 8.64. The topological polar surface area (TPSA) is 96.5 Å². The molecule has 0 aliphatic carbocycles. The van der Waals surface area contributed by atoms with Crippen LogP contribution < -0.4 is 16.1 Å².